The number of nitrogens with two attached hydrogens (primary N) is 1. The molecule has 0 aliphatic carbocycles. The number of hydrogen-bond acceptors (Lipinski definition) is 6. The van der Waals surface area contributed by atoms with Gasteiger partial charge in [-0.2, -0.15) is 0 Å². The lowest BCUT2D eigenvalue weighted by Crippen LogP contribution is -2.40. The van der Waals surface area contributed by atoms with E-state index in [2.05, 4.69) is 10.3 Å². The summed E-state index contributed by atoms with van der Waals surface area (Å²) in [5.41, 5.74) is 5.31. The van der Waals surface area contributed by atoms with Crippen LogP contribution in [0.5, 0.6) is 0 Å². The van der Waals surface area contributed by atoms with E-state index in [1.165, 1.54) is 11.3 Å². The maximum atomic E-state index is 12.6. The van der Waals surface area contributed by atoms with Crippen LogP contribution in [0, 0.1) is 5.41 Å². The Hall–Kier alpha value is -1.83. The van der Waals surface area contributed by atoms with Crippen molar-refractivity contribution in [3.05, 3.63) is 4.88 Å². The molecular weight excluding hydrogens is 290 g/mol. The Bertz CT molecular complexity index is 571. The molecule has 1 aliphatic rings. The Morgan fingerprint density at radius 2 is 2.14 bits per heavy atom. The van der Waals surface area contributed by atoms with Gasteiger partial charge in [-0.05, 0) is 13.3 Å². The zero-order chi connectivity index (χ0) is 15.8. The molecule has 1 aromatic rings. The summed E-state index contributed by atoms with van der Waals surface area (Å²) >= 11 is 1.27. The number of anilines is 2. The Labute approximate surface area is 128 Å². The van der Waals surface area contributed by atoms with Crippen LogP contribution in [0.2, 0.25) is 0 Å². The molecule has 1 unspecified atom stereocenters. The maximum absolute atomic E-state index is 12.6. The van der Waals surface area contributed by atoms with Gasteiger partial charge in [-0.1, -0.05) is 11.3 Å². The molecule has 0 radical (unpaired) electrons. The lowest BCUT2D eigenvalue weighted by Gasteiger charge is -2.22. The summed E-state index contributed by atoms with van der Waals surface area (Å²) in [6, 6.07) is 0. The first kappa shape index (κ1) is 15.6. The molecule has 1 fully saturated rings. The number of amides is 2. The van der Waals surface area contributed by atoms with Gasteiger partial charge >= 0.3 is 0 Å². The molecule has 3 N–H and O–H groups in total. The Kier molecular flexibility index (Phi) is 4.08. The van der Waals surface area contributed by atoms with E-state index in [1.54, 1.807) is 11.9 Å². The van der Waals surface area contributed by atoms with E-state index < -0.39 is 5.41 Å². The molecule has 2 amide bonds. The van der Waals surface area contributed by atoms with Crippen LogP contribution in [0.25, 0.3) is 0 Å². The molecule has 0 aromatic carbocycles. The van der Waals surface area contributed by atoms with Gasteiger partial charge in [0.05, 0.1) is 5.41 Å². The summed E-state index contributed by atoms with van der Waals surface area (Å²) in [5.74, 6) is 0.0667. The van der Waals surface area contributed by atoms with E-state index in [0.29, 0.717) is 29.5 Å². The minimum absolute atomic E-state index is 0.0379. The van der Waals surface area contributed by atoms with E-state index in [0.717, 1.165) is 0 Å². The average molecular weight is 311 g/mol. The van der Waals surface area contributed by atoms with E-state index in [4.69, 9.17) is 5.73 Å². The fraction of sp³-hybridized carbons (Fsp3) is 0.615. The normalized spacial score (nSPS) is 21.4. The first-order valence-electron chi connectivity index (χ1n) is 6.73. The minimum atomic E-state index is -0.533. The van der Waals surface area contributed by atoms with Crippen LogP contribution < -0.4 is 16.0 Å². The highest BCUT2D eigenvalue weighted by molar-refractivity contribution is 7.18. The zero-order valence-corrected chi connectivity index (χ0v) is 13.6. The number of rotatable bonds is 3. The first-order chi connectivity index (χ1) is 9.78. The van der Waals surface area contributed by atoms with E-state index >= 15 is 0 Å². The fourth-order valence-corrected chi connectivity index (χ4v) is 3.31. The monoisotopic (exact) mass is 311 g/mol. The quantitative estimate of drug-likeness (QED) is 0.842. The zero-order valence-electron chi connectivity index (χ0n) is 12.8. The Balaban J connectivity index is 2.17. The molecular formula is C13H21N5O2S. The molecule has 1 atom stereocenters. The fourth-order valence-electron chi connectivity index (χ4n) is 2.43. The van der Waals surface area contributed by atoms with Crippen molar-refractivity contribution < 1.29 is 9.59 Å². The molecule has 1 aromatic heterocycles. The highest BCUT2D eigenvalue weighted by atomic mass is 32.1. The summed E-state index contributed by atoms with van der Waals surface area (Å²) in [5, 5.41) is 3.36. The van der Waals surface area contributed by atoms with Gasteiger partial charge in [0.25, 0.3) is 5.91 Å². The smallest absolute Gasteiger partial charge is 0.267 e. The van der Waals surface area contributed by atoms with E-state index in [9.17, 15) is 9.59 Å². The molecule has 2 heterocycles. The summed E-state index contributed by atoms with van der Waals surface area (Å²) in [4.78, 5) is 32.6. The minimum Gasteiger partial charge on any atom is -0.382 e. The third-order valence-electron chi connectivity index (χ3n) is 3.75. The number of nitrogens with zero attached hydrogens (tertiary/aromatic N) is 3. The predicted octanol–water partition coefficient (Wildman–Crippen LogP) is 0.390. The van der Waals surface area contributed by atoms with Crippen LogP contribution in [0.15, 0.2) is 0 Å². The van der Waals surface area contributed by atoms with Gasteiger partial charge in [0.1, 0.15) is 10.7 Å². The molecule has 1 saturated heterocycles. The number of thiazole rings is 1. The van der Waals surface area contributed by atoms with Gasteiger partial charge in [-0.3, -0.25) is 9.59 Å². The van der Waals surface area contributed by atoms with E-state index in [-0.39, 0.29) is 17.6 Å². The van der Waals surface area contributed by atoms with Gasteiger partial charge in [0.2, 0.25) is 5.91 Å². The SMILES string of the molecule is CNC(=O)C1(C)CCN(C(=O)c2sc(N(C)C)nc2N)C1. The molecule has 116 valence electrons. The van der Waals surface area contributed by atoms with Gasteiger partial charge in [0.15, 0.2) is 5.13 Å². The van der Waals surface area contributed by atoms with Crippen molar-refractivity contribution in [3.63, 3.8) is 0 Å². The van der Waals surface area contributed by atoms with Crippen molar-refractivity contribution in [1.29, 1.82) is 0 Å². The highest BCUT2D eigenvalue weighted by Gasteiger charge is 2.42. The molecule has 8 heteroatoms. The molecule has 0 saturated carbocycles. The highest BCUT2D eigenvalue weighted by Crippen LogP contribution is 2.34. The van der Waals surface area contributed by atoms with Crippen molar-refractivity contribution in [2.24, 2.45) is 5.41 Å². The Morgan fingerprint density at radius 3 is 2.67 bits per heavy atom. The number of nitrogen functional groups attached to an aromatic ring is 1. The number of hydrogen-bond donors (Lipinski definition) is 2. The van der Waals surface area contributed by atoms with Crippen molar-refractivity contribution >= 4 is 34.1 Å². The number of likely N-dealkylation sites (tertiary alicyclic amines) is 1. The van der Waals surface area contributed by atoms with Crippen LogP contribution in [0.1, 0.15) is 23.0 Å². The van der Waals surface area contributed by atoms with Crippen molar-refractivity contribution in [2.75, 3.05) is 44.9 Å². The predicted molar refractivity (Wildman–Crippen MR) is 83.5 cm³/mol. The molecule has 1 aliphatic heterocycles. The topological polar surface area (TPSA) is 91.6 Å². The number of nitrogens with one attached hydrogen (secondary N) is 1. The lowest BCUT2D eigenvalue weighted by atomic mass is 9.89. The molecule has 0 spiro atoms. The standard InChI is InChI=1S/C13H21N5O2S/c1-13(11(20)15-2)5-6-18(7-13)10(19)8-9(14)16-12(21-8)17(3)4/h5-7,14H2,1-4H3,(H,15,20). The van der Waals surface area contributed by atoms with Crippen LogP contribution in [-0.4, -0.2) is 55.9 Å². The summed E-state index contributed by atoms with van der Waals surface area (Å²) in [6.45, 7) is 2.83. The second kappa shape index (κ2) is 5.51. The molecule has 0 bridgehead atoms. The lowest BCUT2D eigenvalue weighted by molar-refractivity contribution is -0.128. The molecule has 2 rings (SSSR count). The van der Waals surface area contributed by atoms with Gasteiger partial charge in [0, 0.05) is 34.2 Å². The van der Waals surface area contributed by atoms with Crippen molar-refractivity contribution in [1.82, 2.24) is 15.2 Å². The summed E-state index contributed by atoms with van der Waals surface area (Å²) in [7, 11) is 5.32. The van der Waals surface area contributed by atoms with E-state index in [1.807, 2.05) is 25.9 Å². The number of carbonyl (C=O) groups excluding carboxylic acids is 2. The second-order valence-electron chi connectivity index (χ2n) is 5.72. The largest absolute Gasteiger partial charge is 0.382 e. The average Bonchev–Trinajstić information content (AvgIpc) is 3.02. The summed E-state index contributed by atoms with van der Waals surface area (Å²) in [6.07, 6.45) is 0.650. The maximum Gasteiger partial charge on any atom is 0.267 e. The van der Waals surface area contributed by atoms with Gasteiger partial charge in [-0.15, -0.1) is 0 Å². The molecule has 7 nitrogen and oxygen atoms in total. The summed E-state index contributed by atoms with van der Waals surface area (Å²) < 4.78 is 0. The third kappa shape index (κ3) is 2.80. The Morgan fingerprint density at radius 1 is 1.48 bits per heavy atom. The van der Waals surface area contributed by atoms with Crippen molar-refractivity contribution in [3.8, 4) is 0 Å². The van der Waals surface area contributed by atoms with Crippen LogP contribution in [0.4, 0.5) is 10.9 Å². The first-order valence-corrected chi connectivity index (χ1v) is 7.55. The van der Waals surface area contributed by atoms with Crippen LogP contribution in [-0.2, 0) is 4.79 Å². The van der Waals surface area contributed by atoms with Crippen molar-refractivity contribution in [2.45, 2.75) is 13.3 Å². The van der Waals surface area contributed by atoms with Gasteiger partial charge in [-0.25, -0.2) is 4.98 Å². The van der Waals surface area contributed by atoms with Crippen LogP contribution in [0.3, 0.4) is 0 Å². The number of aromatic nitrogens is 1. The number of carbonyl (C=O) groups is 2. The second-order valence-corrected chi connectivity index (χ2v) is 6.70. The third-order valence-corrected chi connectivity index (χ3v) is 4.98. The van der Waals surface area contributed by atoms with Crippen LogP contribution >= 0.6 is 11.3 Å². The molecule has 21 heavy (non-hydrogen) atoms. The van der Waals surface area contributed by atoms with Gasteiger partial charge < -0.3 is 20.9 Å².